The third-order valence-corrected chi connectivity index (χ3v) is 5.03. The Bertz CT molecular complexity index is 617. The first-order chi connectivity index (χ1) is 11.9. The molecule has 1 aromatic carbocycles. The molecule has 0 saturated carbocycles. The zero-order valence-corrected chi connectivity index (χ0v) is 15.7. The van der Waals surface area contributed by atoms with E-state index in [1.165, 1.54) is 0 Å². The highest BCUT2D eigenvalue weighted by Gasteiger charge is 2.29. The van der Waals surface area contributed by atoms with Gasteiger partial charge < -0.3 is 14.7 Å². The molecular formula is C18H23Cl2NO4. The van der Waals surface area contributed by atoms with Gasteiger partial charge in [0.15, 0.2) is 0 Å². The van der Waals surface area contributed by atoms with Crippen LogP contribution in [0.5, 0.6) is 0 Å². The molecule has 1 saturated heterocycles. The summed E-state index contributed by atoms with van der Waals surface area (Å²) >= 11 is 12.1. The SMILES string of the molecule is C[C@H](Cc1ccc(Cl)cc1Cl)C(=O)N(CCC(=O)O)C1CCOCC1. The van der Waals surface area contributed by atoms with Crippen LogP contribution in [-0.4, -0.2) is 47.7 Å². The van der Waals surface area contributed by atoms with E-state index in [-0.39, 0.29) is 30.8 Å². The van der Waals surface area contributed by atoms with E-state index in [0.29, 0.717) is 29.7 Å². The fraction of sp³-hybridized carbons (Fsp3) is 0.556. The monoisotopic (exact) mass is 387 g/mol. The number of hydrogen-bond donors (Lipinski definition) is 1. The fourth-order valence-electron chi connectivity index (χ4n) is 3.07. The van der Waals surface area contributed by atoms with Crippen molar-refractivity contribution in [3.8, 4) is 0 Å². The minimum absolute atomic E-state index is 0.0312. The van der Waals surface area contributed by atoms with Crippen molar-refractivity contribution in [3.05, 3.63) is 33.8 Å². The lowest BCUT2D eigenvalue weighted by atomic mass is 9.97. The lowest BCUT2D eigenvalue weighted by Gasteiger charge is -2.35. The van der Waals surface area contributed by atoms with Crippen LogP contribution >= 0.6 is 23.2 Å². The molecule has 1 amide bonds. The average molecular weight is 388 g/mol. The molecule has 1 aliphatic rings. The number of benzene rings is 1. The number of hydrogen-bond acceptors (Lipinski definition) is 3. The molecule has 0 spiro atoms. The Balaban J connectivity index is 2.08. The van der Waals surface area contributed by atoms with Crippen molar-refractivity contribution in [1.29, 1.82) is 0 Å². The van der Waals surface area contributed by atoms with Crippen molar-refractivity contribution in [3.63, 3.8) is 0 Å². The van der Waals surface area contributed by atoms with Gasteiger partial charge in [-0.2, -0.15) is 0 Å². The van der Waals surface area contributed by atoms with Gasteiger partial charge >= 0.3 is 5.97 Å². The molecule has 5 nitrogen and oxygen atoms in total. The summed E-state index contributed by atoms with van der Waals surface area (Å²) in [7, 11) is 0. The van der Waals surface area contributed by atoms with Gasteiger partial charge in [0.1, 0.15) is 0 Å². The number of carboxylic acids is 1. The summed E-state index contributed by atoms with van der Waals surface area (Å²) < 4.78 is 5.35. The molecule has 0 bridgehead atoms. The lowest BCUT2D eigenvalue weighted by molar-refractivity contribution is -0.142. The van der Waals surface area contributed by atoms with Crippen molar-refractivity contribution >= 4 is 35.1 Å². The van der Waals surface area contributed by atoms with E-state index >= 15 is 0 Å². The Morgan fingerprint density at radius 3 is 2.60 bits per heavy atom. The summed E-state index contributed by atoms with van der Waals surface area (Å²) in [6, 6.07) is 5.27. The van der Waals surface area contributed by atoms with Gasteiger partial charge in [0.25, 0.3) is 0 Å². The first kappa shape index (κ1) is 20.0. The molecule has 1 aliphatic heterocycles. The fourth-order valence-corrected chi connectivity index (χ4v) is 3.56. The summed E-state index contributed by atoms with van der Waals surface area (Å²) in [5, 5.41) is 10.1. The summed E-state index contributed by atoms with van der Waals surface area (Å²) in [5.74, 6) is -1.24. The Morgan fingerprint density at radius 2 is 2.00 bits per heavy atom. The number of amides is 1. The Kier molecular flexibility index (Phi) is 7.54. The molecule has 0 aromatic heterocycles. The second-order valence-electron chi connectivity index (χ2n) is 6.36. The normalized spacial score (nSPS) is 16.4. The highest BCUT2D eigenvalue weighted by atomic mass is 35.5. The van der Waals surface area contributed by atoms with Crippen molar-refractivity contribution in [2.75, 3.05) is 19.8 Å². The molecule has 1 atom stereocenters. The van der Waals surface area contributed by atoms with Gasteiger partial charge in [-0.05, 0) is 37.0 Å². The number of carbonyl (C=O) groups excluding carboxylic acids is 1. The van der Waals surface area contributed by atoms with Gasteiger partial charge in [-0.25, -0.2) is 0 Å². The van der Waals surface area contributed by atoms with Crippen molar-refractivity contribution in [2.45, 2.75) is 38.6 Å². The third kappa shape index (κ3) is 5.87. The zero-order chi connectivity index (χ0) is 18.4. The second-order valence-corrected chi connectivity index (χ2v) is 7.20. The maximum atomic E-state index is 13.0. The van der Waals surface area contributed by atoms with Gasteiger partial charge in [0, 0.05) is 41.8 Å². The summed E-state index contributed by atoms with van der Waals surface area (Å²) in [6.07, 6.45) is 1.90. The number of halogens is 2. The van der Waals surface area contributed by atoms with Crippen LogP contribution in [0.1, 0.15) is 31.7 Å². The van der Waals surface area contributed by atoms with Gasteiger partial charge in [-0.15, -0.1) is 0 Å². The number of nitrogens with zero attached hydrogens (tertiary/aromatic N) is 1. The molecule has 1 heterocycles. The van der Waals surface area contributed by atoms with Crippen LogP contribution < -0.4 is 0 Å². The van der Waals surface area contributed by atoms with Crippen LogP contribution in [0, 0.1) is 5.92 Å². The number of carbonyl (C=O) groups is 2. The largest absolute Gasteiger partial charge is 0.481 e. The predicted octanol–water partition coefficient (Wildman–Crippen LogP) is 3.65. The van der Waals surface area contributed by atoms with Crippen molar-refractivity contribution < 1.29 is 19.4 Å². The number of rotatable bonds is 7. The van der Waals surface area contributed by atoms with Gasteiger partial charge in [0.05, 0.1) is 6.42 Å². The quantitative estimate of drug-likeness (QED) is 0.774. The zero-order valence-electron chi connectivity index (χ0n) is 14.2. The molecular weight excluding hydrogens is 365 g/mol. The lowest BCUT2D eigenvalue weighted by Crippen LogP contribution is -2.46. The third-order valence-electron chi connectivity index (χ3n) is 4.44. The standard InChI is InChI=1S/C18H23Cl2NO4/c1-12(10-13-2-3-14(19)11-16(13)20)18(24)21(7-4-17(22)23)15-5-8-25-9-6-15/h2-3,11-12,15H,4-10H2,1H3,(H,22,23)/t12-/m1/s1. The van der Waals surface area contributed by atoms with E-state index in [1.54, 1.807) is 17.0 Å². The molecule has 2 rings (SSSR count). The highest BCUT2D eigenvalue weighted by Crippen LogP contribution is 2.25. The summed E-state index contributed by atoms with van der Waals surface area (Å²) in [6.45, 7) is 3.26. The molecule has 138 valence electrons. The molecule has 0 unspecified atom stereocenters. The van der Waals surface area contributed by atoms with Crippen LogP contribution in [0.15, 0.2) is 18.2 Å². The first-order valence-corrected chi connectivity index (χ1v) is 9.18. The van der Waals surface area contributed by atoms with E-state index in [4.69, 9.17) is 33.0 Å². The molecule has 0 radical (unpaired) electrons. The van der Waals surface area contributed by atoms with Crippen LogP contribution in [-0.2, 0) is 20.7 Å². The van der Waals surface area contributed by atoms with Gasteiger partial charge in [0.2, 0.25) is 5.91 Å². The maximum absolute atomic E-state index is 13.0. The Hall–Kier alpha value is -1.30. The first-order valence-electron chi connectivity index (χ1n) is 8.42. The van der Waals surface area contributed by atoms with E-state index in [9.17, 15) is 9.59 Å². The second kappa shape index (κ2) is 9.41. The number of carboxylic acid groups (broad SMARTS) is 1. The van der Waals surface area contributed by atoms with E-state index in [1.807, 2.05) is 13.0 Å². The van der Waals surface area contributed by atoms with E-state index in [0.717, 1.165) is 18.4 Å². The van der Waals surface area contributed by atoms with Crippen LogP contribution in [0.3, 0.4) is 0 Å². The maximum Gasteiger partial charge on any atom is 0.305 e. The molecule has 0 aliphatic carbocycles. The average Bonchev–Trinajstić information content (AvgIpc) is 2.58. The predicted molar refractivity (Wildman–Crippen MR) is 97.1 cm³/mol. The van der Waals surface area contributed by atoms with E-state index < -0.39 is 5.97 Å². The Labute approximate surface area is 157 Å². The number of ether oxygens (including phenoxy) is 1. The highest BCUT2D eigenvalue weighted by molar-refractivity contribution is 6.35. The van der Waals surface area contributed by atoms with Gasteiger partial charge in [-0.1, -0.05) is 36.2 Å². The number of aliphatic carboxylic acids is 1. The smallest absolute Gasteiger partial charge is 0.305 e. The topological polar surface area (TPSA) is 66.8 Å². The van der Waals surface area contributed by atoms with Crippen molar-refractivity contribution in [2.24, 2.45) is 5.92 Å². The van der Waals surface area contributed by atoms with Crippen LogP contribution in [0.25, 0.3) is 0 Å². The van der Waals surface area contributed by atoms with Gasteiger partial charge in [-0.3, -0.25) is 9.59 Å². The Morgan fingerprint density at radius 1 is 1.32 bits per heavy atom. The molecule has 1 fully saturated rings. The molecule has 7 heteroatoms. The summed E-state index contributed by atoms with van der Waals surface area (Å²) in [4.78, 5) is 25.6. The molecule has 25 heavy (non-hydrogen) atoms. The minimum atomic E-state index is -0.904. The summed E-state index contributed by atoms with van der Waals surface area (Å²) in [5.41, 5.74) is 0.858. The van der Waals surface area contributed by atoms with E-state index in [2.05, 4.69) is 0 Å². The molecule has 1 aromatic rings. The molecule has 1 N–H and O–H groups in total. The van der Waals surface area contributed by atoms with Crippen LogP contribution in [0.2, 0.25) is 10.0 Å². The van der Waals surface area contributed by atoms with Crippen LogP contribution in [0.4, 0.5) is 0 Å². The minimum Gasteiger partial charge on any atom is -0.481 e. The van der Waals surface area contributed by atoms with Crippen molar-refractivity contribution in [1.82, 2.24) is 4.90 Å².